The third kappa shape index (κ3) is 10.2. The first-order valence-electron chi connectivity index (χ1n) is 27.8. The Kier molecular flexibility index (Phi) is 15.9. The van der Waals surface area contributed by atoms with Gasteiger partial charge in [-0.2, -0.15) is 35.1 Å². The van der Waals surface area contributed by atoms with Crippen molar-refractivity contribution in [2.75, 3.05) is 13.2 Å². The van der Waals surface area contributed by atoms with E-state index in [4.69, 9.17) is 9.47 Å². The van der Waals surface area contributed by atoms with Crippen LogP contribution in [0.3, 0.4) is 0 Å². The van der Waals surface area contributed by atoms with Crippen LogP contribution in [0.5, 0.6) is 11.5 Å². The molecule has 0 amide bonds. The maximum Gasteiger partial charge on any atom is 0.381 e. The molecule has 10 nitrogen and oxygen atoms in total. The average Bonchev–Trinajstić information content (AvgIpc) is 2.73. The van der Waals surface area contributed by atoms with Crippen molar-refractivity contribution < 1.29 is 54.2 Å². The molecule has 0 saturated carbocycles. The third-order valence-electron chi connectivity index (χ3n) is 16.1. The second-order valence-electron chi connectivity index (χ2n) is 21.9. The lowest BCUT2D eigenvalue weighted by Crippen LogP contribution is -2.65. The van der Waals surface area contributed by atoms with E-state index >= 15 is 35.1 Å². The number of halogens is 8. The van der Waals surface area contributed by atoms with Gasteiger partial charge in [0.05, 0.1) is 0 Å². The fourth-order valence-corrected chi connectivity index (χ4v) is 12.2. The molecule has 0 spiro atoms. The van der Waals surface area contributed by atoms with Crippen LogP contribution in [-0.2, 0) is 13.1 Å². The summed E-state index contributed by atoms with van der Waals surface area (Å²) in [5.41, 5.74) is 9.80. The molecule has 10 aromatic rings. The topological polar surface area (TPSA) is 121 Å². The fourth-order valence-electron chi connectivity index (χ4n) is 12.2. The number of para-hydroxylation sites is 2. The minimum Gasteiger partial charge on any atom is -0.487 e. The SMILES string of the molecule is CCn1c2ccc(C(=O)c3c(C)cc(C)cc3C)cc2c2cc(C(N=O)c3ccccc3OCC(F)(F)C(F)(F)C(F)(F)C(F)(F)COc3ccccc3C(N=O)c3ccc4c(c3)c3cc(C(=O)c5c(C)cc(C)cc5C)ccc3n4CC)ccc21. The standard InChI is InChI=1S/C68H58F8N4O6/c1-9-79-53-23-19-43(31-49(53)51-33-45(21-25-55(51)79)63(81)59-39(5)27-37(3)28-40(59)6)61(77-83)47-15-11-13-17-57(47)85-35-65(69,70)67(73,74)68(75,76)66(71,72)36-86-58-18-14-12-16-48(58)62(78-84)44-20-24-54-50(32-44)52-34-46(22-26-56(52)80(54)10-2)64(82)60-41(7)29-38(4)30-42(60)8/h11-34,61-62H,9-10,35-36H2,1-8H3. The zero-order valence-corrected chi connectivity index (χ0v) is 48.1. The molecule has 0 saturated heterocycles. The van der Waals surface area contributed by atoms with Gasteiger partial charge in [0.25, 0.3) is 0 Å². The van der Waals surface area contributed by atoms with E-state index in [0.29, 0.717) is 67.9 Å². The number of benzene rings is 8. The number of nitrogens with zero attached hydrogens (tertiary/aromatic N) is 4. The molecule has 2 atom stereocenters. The Labute approximate surface area is 489 Å². The largest absolute Gasteiger partial charge is 0.487 e. The van der Waals surface area contributed by atoms with Crippen molar-refractivity contribution in [1.29, 1.82) is 0 Å². The van der Waals surface area contributed by atoms with Gasteiger partial charge in [0.15, 0.2) is 24.8 Å². The Morgan fingerprint density at radius 2 is 0.756 bits per heavy atom. The normalized spacial score (nSPS) is 13.2. The summed E-state index contributed by atoms with van der Waals surface area (Å²) >= 11 is 0. The number of carbonyl (C=O) groups excluding carboxylic acids is 2. The van der Waals surface area contributed by atoms with Crippen LogP contribution in [-0.4, -0.2) is 57.6 Å². The third-order valence-corrected chi connectivity index (χ3v) is 16.1. The summed E-state index contributed by atoms with van der Waals surface area (Å²) in [6, 6.07) is 34.3. The van der Waals surface area contributed by atoms with Crippen LogP contribution in [0.2, 0.25) is 0 Å². The number of carbonyl (C=O) groups is 2. The van der Waals surface area contributed by atoms with E-state index < -0.39 is 60.5 Å². The second kappa shape index (κ2) is 22.7. The first-order chi connectivity index (χ1) is 40.8. The van der Waals surface area contributed by atoms with E-state index in [2.05, 4.69) is 10.4 Å². The minimum absolute atomic E-state index is 0.175. The van der Waals surface area contributed by atoms with Crippen molar-refractivity contribution >= 4 is 55.2 Å². The van der Waals surface area contributed by atoms with Gasteiger partial charge in [0.1, 0.15) is 23.6 Å². The van der Waals surface area contributed by atoms with Crippen LogP contribution in [0.1, 0.15) is 113 Å². The van der Waals surface area contributed by atoms with Gasteiger partial charge in [-0.1, -0.05) is 94.3 Å². The van der Waals surface area contributed by atoms with Crippen LogP contribution in [0.15, 0.2) is 156 Å². The average molecular weight is 1180 g/mol. The van der Waals surface area contributed by atoms with E-state index in [1.807, 2.05) is 88.8 Å². The summed E-state index contributed by atoms with van der Waals surface area (Å²) in [5, 5.41) is 8.84. The zero-order chi connectivity index (χ0) is 61.9. The zero-order valence-electron chi connectivity index (χ0n) is 48.1. The Morgan fingerprint density at radius 3 is 1.08 bits per heavy atom. The van der Waals surface area contributed by atoms with E-state index in [1.165, 1.54) is 48.5 Å². The van der Waals surface area contributed by atoms with Crippen LogP contribution in [0.4, 0.5) is 35.1 Å². The van der Waals surface area contributed by atoms with Gasteiger partial charge >= 0.3 is 23.7 Å². The first-order valence-corrected chi connectivity index (χ1v) is 27.8. The summed E-state index contributed by atoms with van der Waals surface area (Å²) in [7, 11) is 0. The Hall–Kier alpha value is -9.06. The van der Waals surface area contributed by atoms with Crippen LogP contribution >= 0.6 is 0 Å². The summed E-state index contributed by atoms with van der Waals surface area (Å²) in [6.07, 6.45) is 0. The summed E-state index contributed by atoms with van der Waals surface area (Å²) < 4.78 is 140. The minimum atomic E-state index is -6.80. The van der Waals surface area contributed by atoms with Crippen molar-refractivity contribution in [3.63, 3.8) is 0 Å². The number of fused-ring (bicyclic) bond motifs is 6. The Balaban J connectivity index is 0.883. The molecule has 86 heavy (non-hydrogen) atoms. The predicted octanol–water partition coefficient (Wildman–Crippen LogP) is 18.0. The van der Waals surface area contributed by atoms with Gasteiger partial charge in [-0.3, -0.25) is 9.59 Å². The molecule has 0 N–H and O–H groups in total. The molecule has 2 aromatic heterocycles. The van der Waals surface area contributed by atoms with Crippen LogP contribution in [0, 0.1) is 51.4 Å². The van der Waals surface area contributed by atoms with E-state index in [9.17, 15) is 19.4 Å². The van der Waals surface area contributed by atoms with E-state index in [1.54, 1.807) is 60.7 Å². The smallest absolute Gasteiger partial charge is 0.381 e. The van der Waals surface area contributed by atoms with Crippen molar-refractivity contribution in [2.45, 2.75) is 104 Å². The molecule has 0 radical (unpaired) electrons. The molecule has 0 fully saturated rings. The number of aromatic nitrogens is 2. The van der Waals surface area contributed by atoms with Crippen molar-refractivity contribution in [3.05, 3.63) is 233 Å². The van der Waals surface area contributed by atoms with Crippen molar-refractivity contribution in [3.8, 4) is 11.5 Å². The lowest BCUT2D eigenvalue weighted by molar-refractivity contribution is -0.371. The molecule has 8 aromatic carbocycles. The number of nitroso groups, excluding NO2 is 2. The first kappa shape index (κ1) is 60.1. The molecule has 10 rings (SSSR count). The van der Waals surface area contributed by atoms with Gasteiger partial charge in [0.2, 0.25) is 0 Å². The van der Waals surface area contributed by atoms with Gasteiger partial charge in [-0.05, 0) is 162 Å². The summed E-state index contributed by atoms with van der Waals surface area (Å²) in [5.74, 6) is -27.4. The lowest BCUT2D eigenvalue weighted by atomic mass is 9.92. The van der Waals surface area contributed by atoms with Crippen molar-refractivity contribution in [2.24, 2.45) is 10.4 Å². The number of hydrogen-bond acceptors (Lipinski definition) is 8. The molecule has 2 heterocycles. The quantitative estimate of drug-likeness (QED) is 0.0401. The monoisotopic (exact) mass is 1180 g/mol. The van der Waals surface area contributed by atoms with Gasteiger partial charge < -0.3 is 18.6 Å². The number of aryl methyl sites for hydroxylation is 8. The lowest BCUT2D eigenvalue weighted by Gasteiger charge is -2.36. The Bertz CT molecular complexity index is 4050. The summed E-state index contributed by atoms with van der Waals surface area (Å²) in [4.78, 5) is 53.5. The van der Waals surface area contributed by atoms with E-state index in [0.717, 1.165) is 56.5 Å². The molecule has 0 aliphatic heterocycles. The number of rotatable bonds is 21. The second-order valence-corrected chi connectivity index (χ2v) is 21.9. The molecule has 0 bridgehead atoms. The van der Waals surface area contributed by atoms with Gasteiger partial charge in [-0.15, -0.1) is 9.81 Å². The van der Waals surface area contributed by atoms with E-state index in [-0.39, 0.29) is 33.8 Å². The highest BCUT2D eigenvalue weighted by atomic mass is 19.4. The molecule has 442 valence electrons. The summed E-state index contributed by atoms with van der Waals surface area (Å²) in [6.45, 7) is 11.0. The molecular weight excluding hydrogens is 1120 g/mol. The molecule has 0 aliphatic rings. The number of ketones is 2. The number of hydrogen-bond donors (Lipinski definition) is 0. The fraction of sp³-hybridized carbons (Fsp3) is 0.265. The Morgan fingerprint density at radius 1 is 0.442 bits per heavy atom. The molecule has 18 heteroatoms. The van der Waals surface area contributed by atoms with Gasteiger partial charge in [0, 0.05) is 90.1 Å². The maximum absolute atomic E-state index is 15.7. The maximum atomic E-state index is 15.7. The highest BCUT2D eigenvalue weighted by Crippen LogP contribution is 2.53. The van der Waals surface area contributed by atoms with Crippen molar-refractivity contribution in [1.82, 2.24) is 9.13 Å². The highest BCUT2D eigenvalue weighted by molar-refractivity contribution is 6.17. The molecule has 0 aliphatic carbocycles. The highest BCUT2D eigenvalue weighted by Gasteiger charge is 2.81. The number of ether oxygens (including phenoxy) is 2. The van der Waals surface area contributed by atoms with Crippen LogP contribution in [0.25, 0.3) is 43.6 Å². The van der Waals surface area contributed by atoms with Crippen LogP contribution < -0.4 is 9.47 Å². The predicted molar refractivity (Wildman–Crippen MR) is 317 cm³/mol. The number of alkyl halides is 8. The van der Waals surface area contributed by atoms with Gasteiger partial charge in [-0.25, -0.2) is 0 Å². The molecular formula is C68H58F8N4O6. The molecule has 2 unspecified atom stereocenters.